The standard InChI is InChI=1S/C15H21NO4/c1-2-3-4-9-19-15-10-13(16(17)18)7-8-14(15)20-11-12-5-6-12/h7-8,10,12H,2-6,9,11H2,1H3. The molecule has 0 radical (unpaired) electrons. The third-order valence-corrected chi connectivity index (χ3v) is 3.32. The van der Waals surface area contributed by atoms with E-state index in [1.165, 1.54) is 25.0 Å². The zero-order valence-electron chi connectivity index (χ0n) is 11.8. The maximum absolute atomic E-state index is 10.8. The van der Waals surface area contributed by atoms with Gasteiger partial charge < -0.3 is 9.47 Å². The summed E-state index contributed by atoms with van der Waals surface area (Å²) < 4.78 is 11.4. The fraction of sp³-hybridized carbons (Fsp3) is 0.600. The second-order valence-corrected chi connectivity index (χ2v) is 5.20. The van der Waals surface area contributed by atoms with Crippen LogP contribution in [-0.2, 0) is 0 Å². The van der Waals surface area contributed by atoms with Crippen molar-refractivity contribution in [3.8, 4) is 11.5 Å². The molecule has 5 heteroatoms. The largest absolute Gasteiger partial charge is 0.489 e. The summed E-state index contributed by atoms with van der Waals surface area (Å²) in [6.07, 6.45) is 5.57. The second-order valence-electron chi connectivity index (χ2n) is 5.20. The highest BCUT2D eigenvalue weighted by molar-refractivity contribution is 5.48. The molecule has 0 aliphatic heterocycles. The van der Waals surface area contributed by atoms with Crippen molar-refractivity contribution in [2.75, 3.05) is 13.2 Å². The van der Waals surface area contributed by atoms with Gasteiger partial charge in [-0.2, -0.15) is 0 Å². The fourth-order valence-electron chi connectivity index (χ4n) is 1.87. The van der Waals surface area contributed by atoms with Crippen LogP contribution in [0.5, 0.6) is 11.5 Å². The van der Waals surface area contributed by atoms with Crippen LogP contribution in [0.4, 0.5) is 5.69 Å². The van der Waals surface area contributed by atoms with Crippen LogP contribution in [0.2, 0.25) is 0 Å². The summed E-state index contributed by atoms with van der Waals surface area (Å²) in [5, 5.41) is 10.8. The summed E-state index contributed by atoms with van der Waals surface area (Å²) in [7, 11) is 0. The molecule has 1 aliphatic carbocycles. The van der Waals surface area contributed by atoms with E-state index in [0.29, 0.717) is 30.6 Å². The van der Waals surface area contributed by atoms with Crippen LogP contribution in [0.25, 0.3) is 0 Å². The zero-order chi connectivity index (χ0) is 14.4. The number of nitrogens with zero attached hydrogens (tertiary/aromatic N) is 1. The number of hydrogen-bond acceptors (Lipinski definition) is 4. The summed E-state index contributed by atoms with van der Waals surface area (Å²) in [6.45, 7) is 3.36. The Hall–Kier alpha value is -1.78. The Balaban J connectivity index is 2.00. The fourth-order valence-corrected chi connectivity index (χ4v) is 1.87. The lowest BCUT2D eigenvalue weighted by atomic mass is 10.2. The van der Waals surface area contributed by atoms with Crippen molar-refractivity contribution in [2.24, 2.45) is 5.92 Å². The first-order chi connectivity index (χ1) is 9.70. The maximum Gasteiger partial charge on any atom is 0.273 e. The van der Waals surface area contributed by atoms with Crippen LogP contribution in [-0.4, -0.2) is 18.1 Å². The van der Waals surface area contributed by atoms with Crippen LogP contribution in [0.1, 0.15) is 39.0 Å². The number of non-ortho nitro benzene ring substituents is 1. The number of hydrogen-bond donors (Lipinski definition) is 0. The summed E-state index contributed by atoms with van der Waals surface area (Å²) in [5.74, 6) is 1.73. The zero-order valence-corrected chi connectivity index (χ0v) is 11.8. The molecule has 0 saturated heterocycles. The van der Waals surface area contributed by atoms with Gasteiger partial charge in [-0.1, -0.05) is 19.8 Å². The van der Waals surface area contributed by atoms with Gasteiger partial charge in [0.1, 0.15) is 0 Å². The number of ether oxygens (including phenoxy) is 2. The molecule has 1 aliphatic rings. The number of nitro benzene ring substituents is 1. The highest BCUT2D eigenvalue weighted by Crippen LogP contribution is 2.35. The van der Waals surface area contributed by atoms with Crippen LogP contribution in [0.3, 0.4) is 0 Å². The van der Waals surface area contributed by atoms with Crippen molar-refractivity contribution in [2.45, 2.75) is 39.0 Å². The van der Waals surface area contributed by atoms with E-state index in [4.69, 9.17) is 9.47 Å². The molecule has 0 heterocycles. The second kappa shape index (κ2) is 7.12. The van der Waals surface area contributed by atoms with Crippen LogP contribution < -0.4 is 9.47 Å². The molecule has 0 N–H and O–H groups in total. The molecule has 0 unspecified atom stereocenters. The van der Waals surface area contributed by atoms with E-state index in [1.54, 1.807) is 6.07 Å². The number of rotatable bonds is 9. The van der Waals surface area contributed by atoms with Crippen molar-refractivity contribution < 1.29 is 14.4 Å². The maximum atomic E-state index is 10.8. The van der Waals surface area contributed by atoms with Gasteiger partial charge in [0.2, 0.25) is 0 Å². The Morgan fingerprint density at radius 2 is 2.05 bits per heavy atom. The van der Waals surface area contributed by atoms with Crippen LogP contribution in [0, 0.1) is 16.0 Å². The van der Waals surface area contributed by atoms with Crippen LogP contribution >= 0.6 is 0 Å². The molecule has 20 heavy (non-hydrogen) atoms. The Morgan fingerprint density at radius 1 is 1.25 bits per heavy atom. The SMILES string of the molecule is CCCCCOc1cc([N+](=O)[O-])ccc1OCC1CC1. The smallest absolute Gasteiger partial charge is 0.273 e. The predicted molar refractivity (Wildman–Crippen MR) is 76.3 cm³/mol. The topological polar surface area (TPSA) is 61.6 Å². The summed E-state index contributed by atoms with van der Waals surface area (Å²) >= 11 is 0. The lowest BCUT2D eigenvalue weighted by Gasteiger charge is -2.12. The van der Waals surface area contributed by atoms with E-state index < -0.39 is 4.92 Å². The van der Waals surface area contributed by atoms with E-state index in [9.17, 15) is 10.1 Å². The summed E-state index contributed by atoms with van der Waals surface area (Å²) in [6, 6.07) is 4.55. The van der Waals surface area contributed by atoms with Gasteiger partial charge in [0.05, 0.1) is 24.2 Å². The summed E-state index contributed by atoms with van der Waals surface area (Å²) in [5.41, 5.74) is 0.0364. The molecule has 0 aromatic heterocycles. The van der Waals surface area contributed by atoms with Gasteiger partial charge in [0, 0.05) is 6.07 Å². The van der Waals surface area contributed by atoms with Crippen molar-refractivity contribution in [1.29, 1.82) is 0 Å². The first-order valence-electron chi connectivity index (χ1n) is 7.24. The minimum Gasteiger partial charge on any atom is -0.489 e. The normalized spacial score (nSPS) is 14.1. The molecule has 0 amide bonds. The van der Waals surface area contributed by atoms with Gasteiger partial charge in [0.15, 0.2) is 11.5 Å². The highest BCUT2D eigenvalue weighted by atomic mass is 16.6. The van der Waals surface area contributed by atoms with Gasteiger partial charge >= 0.3 is 0 Å². The first-order valence-corrected chi connectivity index (χ1v) is 7.24. The van der Waals surface area contributed by atoms with Gasteiger partial charge in [-0.15, -0.1) is 0 Å². The average molecular weight is 279 g/mol. The minimum absolute atomic E-state index is 0.0364. The lowest BCUT2D eigenvalue weighted by molar-refractivity contribution is -0.385. The molecule has 1 aromatic carbocycles. The number of nitro groups is 1. The van der Waals surface area contributed by atoms with E-state index in [-0.39, 0.29) is 5.69 Å². The van der Waals surface area contributed by atoms with Gasteiger partial charge in [-0.3, -0.25) is 10.1 Å². The average Bonchev–Trinajstić information content (AvgIpc) is 3.26. The molecular formula is C15H21NO4. The molecule has 1 saturated carbocycles. The molecule has 0 spiro atoms. The van der Waals surface area contributed by atoms with E-state index in [2.05, 4.69) is 6.92 Å². The third-order valence-electron chi connectivity index (χ3n) is 3.32. The Kier molecular flexibility index (Phi) is 5.21. The lowest BCUT2D eigenvalue weighted by Crippen LogP contribution is -2.04. The first kappa shape index (κ1) is 14.6. The number of benzene rings is 1. The van der Waals surface area contributed by atoms with Gasteiger partial charge in [-0.25, -0.2) is 0 Å². The van der Waals surface area contributed by atoms with Crippen molar-refractivity contribution in [3.63, 3.8) is 0 Å². The van der Waals surface area contributed by atoms with Gasteiger partial charge in [-0.05, 0) is 31.2 Å². The molecule has 2 rings (SSSR count). The quantitative estimate of drug-likeness (QED) is 0.390. The van der Waals surface area contributed by atoms with Gasteiger partial charge in [0.25, 0.3) is 5.69 Å². The molecule has 0 bridgehead atoms. The van der Waals surface area contributed by atoms with E-state index in [1.807, 2.05) is 0 Å². The molecule has 0 atom stereocenters. The molecule has 1 aromatic rings. The Labute approximate surface area is 119 Å². The van der Waals surface area contributed by atoms with E-state index >= 15 is 0 Å². The van der Waals surface area contributed by atoms with Crippen molar-refractivity contribution in [1.82, 2.24) is 0 Å². The Morgan fingerprint density at radius 3 is 2.70 bits per heavy atom. The highest BCUT2D eigenvalue weighted by Gasteiger charge is 2.23. The van der Waals surface area contributed by atoms with E-state index in [0.717, 1.165) is 19.3 Å². The molecule has 1 fully saturated rings. The van der Waals surface area contributed by atoms with Crippen LogP contribution in [0.15, 0.2) is 18.2 Å². The monoisotopic (exact) mass is 279 g/mol. The molecule has 5 nitrogen and oxygen atoms in total. The predicted octanol–water partition coefficient (Wildman–Crippen LogP) is 3.95. The van der Waals surface area contributed by atoms with Crippen molar-refractivity contribution in [3.05, 3.63) is 28.3 Å². The third kappa shape index (κ3) is 4.40. The molecular weight excluding hydrogens is 258 g/mol. The Bertz CT molecular complexity index is 457. The number of unbranched alkanes of at least 4 members (excludes halogenated alkanes) is 2. The van der Waals surface area contributed by atoms with Crippen molar-refractivity contribution >= 4 is 5.69 Å². The minimum atomic E-state index is -0.413. The summed E-state index contributed by atoms with van der Waals surface area (Å²) in [4.78, 5) is 10.4. The molecule has 110 valence electrons.